The summed E-state index contributed by atoms with van der Waals surface area (Å²) in [6.07, 6.45) is 4.70. The van der Waals surface area contributed by atoms with Gasteiger partial charge in [-0.25, -0.2) is 0 Å². The first-order valence-electron chi connectivity index (χ1n) is 8.14. The van der Waals surface area contributed by atoms with Gasteiger partial charge >= 0.3 is 0 Å². The van der Waals surface area contributed by atoms with E-state index >= 15 is 0 Å². The van der Waals surface area contributed by atoms with E-state index in [4.69, 9.17) is 11.6 Å². The third kappa shape index (κ3) is 3.62. The van der Waals surface area contributed by atoms with Crippen molar-refractivity contribution >= 4 is 17.5 Å². The van der Waals surface area contributed by atoms with E-state index in [9.17, 15) is 4.79 Å². The van der Waals surface area contributed by atoms with Gasteiger partial charge in [-0.1, -0.05) is 29.8 Å². The smallest absolute Gasteiger partial charge is 0.223 e. The number of likely N-dealkylation sites (N-methyl/N-ethyl adjacent to an activating group) is 1. The second-order valence-electron chi connectivity index (χ2n) is 6.64. The molecule has 1 N–H and O–H groups in total. The van der Waals surface area contributed by atoms with E-state index < -0.39 is 0 Å². The van der Waals surface area contributed by atoms with Gasteiger partial charge in [-0.3, -0.25) is 9.48 Å². The standard InChI is InChI=1S/C18H23ClN4O/c1-22(2)17(12-9-21-23(3)11-12)10-20-18(24)15-8-14(15)13-6-4-5-7-16(13)19/h4-7,9,11,14-15,17H,8,10H2,1-3H3,(H,20,24)/t14-,15-,17-/m1/s1. The number of amides is 1. The van der Waals surface area contributed by atoms with Gasteiger partial charge in [0.15, 0.2) is 0 Å². The molecule has 24 heavy (non-hydrogen) atoms. The number of rotatable bonds is 6. The van der Waals surface area contributed by atoms with Crippen LogP contribution in [0.4, 0.5) is 0 Å². The van der Waals surface area contributed by atoms with Gasteiger partial charge in [-0.05, 0) is 38.1 Å². The third-order valence-corrected chi connectivity index (χ3v) is 4.98. The Balaban J connectivity index is 1.59. The van der Waals surface area contributed by atoms with E-state index in [0.717, 1.165) is 22.6 Å². The summed E-state index contributed by atoms with van der Waals surface area (Å²) in [5, 5.41) is 8.06. The molecule has 6 heteroatoms. The maximum Gasteiger partial charge on any atom is 0.223 e. The summed E-state index contributed by atoms with van der Waals surface area (Å²) < 4.78 is 1.78. The molecule has 1 saturated carbocycles. The molecule has 1 aromatic carbocycles. The second-order valence-corrected chi connectivity index (χ2v) is 7.05. The topological polar surface area (TPSA) is 50.2 Å². The Bertz CT molecular complexity index is 727. The van der Waals surface area contributed by atoms with E-state index in [1.807, 2.05) is 57.8 Å². The van der Waals surface area contributed by atoms with Crippen LogP contribution in [-0.2, 0) is 11.8 Å². The number of aryl methyl sites for hydroxylation is 1. The van der Waals surface area contributed by atoms with Crippen LogP contribution in [0.1, 0.15) is 29.5 Å². The second kappa shape index (κ2) is 6.95. The zero-order chi connectivity index (χ0) is 17.3. The minimum Gasteiger partial charge on any atom is -0.354 e. The molecule has 5 nitrogen and oxygen atoms in total. The molecule has 1 amide bonds. The van der Waals surface area contributed by atoms with Crippen molar-refractivity contribution in [3.05, 3.63) is 52.8 Å². The molecular weight excluding hydrogens is 324 g/mol. The van der Waals surface area contributed by atoms with Gasteiger partial charge < -0.3 is 10.2 Å². The first-order chi connectivity index (χ1) is 11.5. The predicted molar refractivity (Wildman–Crippen MR) is 94.9 cm³/mol. The summed E-state index contributed by atoms with van der Waals surface area (Å²) in [5.74, 6) is 0.382. The fraction of sp³-hybridized carbons (Fsp3) is 0.444. The summed E-state index contributed by atoms with van der Waals surface area (Å²) in [6, 6.07) is 7.89. The molecule has 0 bridgehead atoms. The minimum atomic E-state index is 0.0293. The SMILES string of the molecule is CN(C)[C@H](CNC(=O)[C@@H]1C[C@@H]1c1ccccc1Cl)c1cnn(C)c1. The van der Waals surface area contributed by atoms with Gasteiger partial charge in [0.1, 0.15) is 0 Å². The fourth-order valence-electron chi connectivity index (χ4n) is 3.14. The zero-order valence-corrected chi connectivity index (χ0v) is 15.0. The van der Waals surface area contributed by atoms with Crippen LogP contribution in [0.5, 0.6) is 0 Å². The molecular formula is C18H23ClN4O. The van der Waals surface area contributed by atoms with Crippen molar-refractivity contribution in [1.29, 1.82) is 0 Å². The highest BCUT2D eigenvalue weighted by Crippen LogP contribution is 2.49. The van der Waals surface area contributed by atoms with Gasteiger partial charge in [0, 0.05) is 36.3 Å². The monoisotopic (exact) mass is 346 g/mol. The van der Waals surface area contributed by atoms with Crippen molar-refractivity contribution in [2.45, 2.75) is 18.4 Å². The summed E-state index contributed by atoms with van der Waals surface area (Å²) in [6.45, 7) is 0.573. The molecule has 1 aliphatic carbocycles. The Labute approximate surface area is 147 Å². The molecule has 0 radical (unpaired) electrons. The Morgan fingerprint density at radius 2 is 2.21 bits per heavy atom. The molecule has 1 fully saturated rings. The number of nitrogens with zero attached hydrogens (tertiary/aromatic N) is 3. The summed E-state index contributed by atoms with van der Waals surface area (Å²) in [7, 11) is 5.91. The Morgan fingerprint density at radius 1 is 1.46 bits per heavy atom. The lowest BCUT2D eigenvalue weighted by Gasteiger charge is -2.23. The van der Waals surface area contributed by atoms with E-state index in [1.54, 1.807) is 4.68 Å². The van der Waals surface area contributed by atoms with Crippen LogP contribution in [0.15, 0.2) is 36.7 Å². The molecule has 2 aromatic rings. The molecule has 1 aliphatic rings. The number of carbonyl (C=O) groups is 1. The van der Waals surface area contributed by atoms with Crippen molar-refractivity contribution in [3.8, 4) is 0 Å². The largest absolute Gasteiger partial charge is 0.354 e. The number of hydrogen-bond donors (Lipinski definition) is 1. The first kappa shape index (κ1) is 17.0. The van der Waals surface area contributed by atoms with Crippen molar-refractivity contribution in [2.75, 3.05) is 20.6 Å². The number of hydrogen-bond acceptors (Lipinski definition) is 3. The Morgan fingerprint density at radius 3 is 2.83 bits per heavy atom. The lowest BCUT2D eigenvalue weighted by molar-refractivity contribution is -0.122. The van der Waals surface area contributed by atoms with Gasteiger partial charge in [-0.15, -0.1) is 0 Å². The molecule has 0 saturated heterocycles. The number of carbonyl (C=O) groups excluding carboxylic acids is 1. The average molecular weight is 347 g/mol. The Kier molecular flexibility index (Phi) is 4.92. The van der Waals surface area contributed by atoms with Crippen LogP contribution < -0.4 is 5.32 Å². The molecule has 1 heterocycles. The van der Waals surface area contributed by atoms with E-state index in [0.29, 0.717) is 6.54 Å². The van der Waals surface area contributed by atoms with Crippen LogP contribution in [0.3, 0.4) is 0 Å². The first-order valence-corrected chi connectivity index (χ1v) is 8.52. The average Bonchev–Trinajstić information content (AvgIpc) is 3.22. The van der Waals surface area contributed by atoms with Crippen LogP contribution in [0.2, 0.25) is 5.02 Å². The summed E-state index contributed by atoms with van der Waals surface area (Å²) in [5.41, 5.74) is 2.18. The minimum absolute atomic E-state index is 0.0293. The van der Waals surface area contributed by atoms with Gasteiger partial charge in [-0.2, -0.15) is 5.10 Å². The van der Waals surface area contributed by atoms with Crippen molar-refractivity contribution in [2.24, 2.45) is 13.0 Å². The van der Waals surface area contributed by atoms with Crippen molar-refractivity contribution in [1.82, 2.24) is 20.0 Å². The highest BCUT2D eigenvalue weighted by atomic mass is 35.5. The molecule has 0 spiro atoms. The van der Waals surface area contributed by atoms with Crippen LogP contribution >= 0.6 is 11.6 Å². The molecule has 128 valence electrons. The summed E-state index contributed by atoms with van der Waals surface area (Å²) >= 11 is 6.23. The van der Waals surface area contributed by atoms with E-state index in [1.165, 1.54) is 0 Å². The molecule has 0 unspecified atom stereocenters. The molecule has 3 atom stereocenters. The van der Waals surface area contributed by atoms with Gasteiger partial charge in [0.25, 0.3) is 0 Å². The maximum absolute atomic E-state index is 12.5. The van der Waals surface area contributed by atoms with Crippen LogP contribution in [0, 0.1) is 5.92 Å². The van der Waals surface area contributed by atoms with Crippen molar-refractivity contribution < 1.29 is 4.79 Å². The lowest BCUT2D eigenvalue weighted by atomic mass is 10.1. The highest BCUT2D eigenvalue weighted by Gasteiger charge is 2.44. The third-order valence-electron chi connectivity index (χ3n) is 4.63. The number of aromatic nitrogens is 2. The van der Waals surface area contributed by atoms with Gasteiger partial charge in [0.2, 0.25) is 5.91 Å². The van der Waals surface area contributed by atoms with E-state index in [-0.39, 0.29) is 23.8 Å². The normalized spacial score (nSPS) is 20.9. The maximum atomic E-state index is 12.5. The molecule has 3 rings (SSSR count). The Hall–Kier alpha value is -1.85. The lowest BCUT2D eigenvalue weighted by Crippen LogP contribution is -2.35. The number of nitrogens with one attached hydrogen (secondary N) is 1. The van der Waals surface area contributed by atoms with Gasteiger partial charge in [0.05, 0.1) is 12.2 Å². The fourth-order valence-corrected chi connectivity index (χ4v) is 3.42. The van der Waals surface area contributed by atoms with E-state index in [2.05, 4.69) is 15.3 Å². The molecule has 1 aromatic heterocycles. The van der Waals surface area contributed by atoms with Crippen molar-refractivity contribution in [3.63, 3.8) is 0 Å². The number of benzene rings is 1. The highest BCUT2D eigenvalue weighted by molar-refractivity contribution is 6.31. The van der Waals surface area contributed by atoms with Crippen LogP contribution in [0.25, 0.3) is 0 Å². The van der Waals surface area contributed by atoms with Crippen LogP contribution in [-0.4, -0.2) is 41.2 Å². The summed E-state index contributed by atoms with van der Waals surface area (Å²) in [4.78, 5) is 14.6. The zero-order valence-electron chi connectivity index (χ0n) is 14.2. The predicted octanol–water partition coefficient (Wildman–Crippen LogP) is 2.60. The quantitative estimate of drug-likeness (QED) is 0.874. The molecule has 0 aliphatic heterocycles. The number of halogens is 1.